The van der Waals surface area contributed by atoms with Crippen molar-refractivity contribution in [2.24, 2.45) is 4.99 Å². The number of methoxy groups -OCH3 is 1. The zero-order valence-electron chi connectivity index (χ0n) is 16.2. The van der Waals surface area contributed by atoms with E-state index in [1.54, 1.807) is 14.2 Å². The molecule has 6 heteroatoms. The predicted molar refractivity (Wildman–Crippen MR) is 105 cm³/mol. The molecule has 6 nitrogen and oxygen atoms in total. The minimum atomic E-state index is 0.132. The van der Waals surface area contributed by atoms with Crippen molar-refractivity contribution >= 4 is 5.96 Å². The fourth-order valence-corrected chi connectivity index (χ4v) is 2.42. The number of aromatic nitrogens is 1. The van der Waals surface area contributed by atoms with Crippen LogP contribution >= 0.6 is 0 Å². The highest BCUT2D eigenvalue weighted by Crippen LogP contribution is 2.21. The van der Waals surface area contributed by atoms with Crippen LogP contribution in [0.4, 0.5) is 0 Å². The third-order valence-corrected chi connectivity index (χ3v) is 3.68. The second-order valence-corrected chi connectivity index (χ2v) is 6.23. The van der Waals surface area contributed by atoms with Gasteiger partial charge in [0.2, 0.25) is 5.88 Å². The van der Waals surface area contributed by atoms with Gasteiger partial charge in [-0.3, -0.25) is 4.99 Å². The number of rotatable bonds is 7. The molecule has 0 spiro atoms. The summed E-state index contributed by atoms with van der Waals surface area (Å²) in [6.07, 6.45) is 0.132. The van der Waals surface area contributed by atoms with Crippen LogP contribution in [-0.2, 0) is 13.1 Å². The largest absolute Gasteiger partial charge is 0.491 e. The highest BCUT2D eigenvalue weighted by Gasteiger charge is 2.08. The summed E-state index contributed by atoms with van der Waals surface area (Å²) in [5, 5.41) is 6.58. The summed E-state index contributed by atoms with van der Waals surface area (Å²) < 4.78 is 11.1. The molecule has 1 heterocycles. The number of nitrogens with one attached hydrogen (secondary N) is 2. The number of aryl methyl sites for hydroxylation is 1. The van der Waals surface area contributed by atoms with Gasteiger partial charge in [-0.05, 0) is 38.5 Å². The van der Waals surface area contributed by atoms with Crippen LogP contribution in [0.5, 0.6) is 11.6 Å². The summed E-state index contributed by atoms with van der Waals surface area (Å²) in [7, 11) is 3.35. The van der Waals surface area contributed by atoms with E-state index >= 15 is 0 Å². The maximum absolute atomic E-state index is 5.92. The molecule has 0 bridgehead atoms. The van der Waals surface area contributed by atoms with E-state index in [9.17, 15) is 0 Å². The molecule has 0 amide bonds. The van der Waals surface area contributed by atoms with Crippen molar-refractivity contribution < 1.29 is 9.47 Å². The zero-order valence-corrected chi connectivity index (χ0v) is 16.2. The lowest BCUT2D eigenvalue weighted by atomic mass is 10.1. The van der Waals surface area contributed by atoms with Gasteiger partial charge in [0, 0.05) is 25.2 Å². The van der Waals surface area contributed by atoms with Gasteiger partial charge in [0.05, 0.1) is 25.5 Å². The van der Waals surface area contributed by atoms with Crippen molar-refractivity contribution in [2.45, 2.75) is 40.0 Å². The Morgan fingerprint density at radius 2 is 1.92 bits per heavy atom. The average Bonchev–Trinajstić information content (AvgIpc) is 2.63. The average molecular weight is 356 g/mol. The molecular weight excluding hydrogens is 328 g/mol. The van der Waals surface area contributed by atoms with E-state index in [1.165, 1.54) is 5.56 Å². The van der Waals surface area contributed by atoms with Crippen molar-refractivity contribution in [1.29, 1.82) is 0 Å². The third-order valence-electron chi connectivity index (χ3n) is 3.68. The standard InChI is InChI=1S/C20H28N4O2/c1-14(2)26-18-11-15(3)9-10-16(18)12-22-20(21-4)23-13-17-7-6-8-19(24-17)25-5/h6-11,14H,12-13H2,1-5H3,(H2,21,22,23). The molecule has 140 valence electrons. The van der Waals surface area contributed by atoms with Gasteiger partial charge in [0.1, 0.15) is 5.75 Å². The van der Waals surface area contributed by atoms with Gasteiger partial charge in [0.15, 0.2) is 5.96 Å². The highest BCUT2D eigenvalue weighted by molar-refractivity contribution is 5.79. The van der Waals surface area contributed by atoms with E-state index in [1.807, 2.05) is 32.0 Å². The fraction of sp³-hybridized carbons (Fsp3) is 0.400. The topological polar surface area (TPSA) is 67.8 Å². The minimum Gasteiger partial charge on any atom is -0.491 e. The molecule has 0 atom stereocenters. The molecule has 1 aromatic heterocycles. The first kappa shape index (κ1) is 19.6. The summed E-state index contributed by atoms with van der Waals surface area (Å²) in [6.45, 7) is 7.29. The van der Waals surface area contributed by atoms with Crippen LogP contribution in [0.25, 0.3) is 0 Å². The van der Waals surface area contributed by atoms with Gasteiger partial charge in [0.25, 0.3) is 0 Å². The zero-order chi connectivity index (χ0) is 18.9. The Kier molecular flexibility index (Phi) is 7.26. The summed E-state index contributed by atoms with van der Waals surface area (Å²) in [5.74, 6) is 2.20. The molecule has 0 unspecified atom stereocenters. The van der Waals surface area contributed by atoms with E-state index in [-0.39, 0.29) is 6.10 Å². The number of pyridine rings is 1. The Morgan fingerprint density at radius 1 is 1.15 bits per heavy atom. The van der Waals surface area contributed by atoms with Gasteiger partial charge in [-0.25, -0.2) is 4.98 Å². The molecule has 0 radical (unpaired) electrons. The molecule has 0 aliphatic carbocycles. The first-order chi connectivity index (χ1) is 12.5. The Balaban J connectivity index is 1.96. The van der Waals surface area contributed by atoms with E-state index in [2.05, 4.69) is 45.7 Å². The number of hydrogen-bond donors (Lipinski definition) is 2. The van der Waals surface area contributed by atoms with Crippen LogP contribution in [0.3, 0.4) is 0 Å². The number of aliphatic imine (C=N–C) groups is 1. The molecule has 0 fully saturated rings. The molecule has 0 aliphatic heterocycles. The lowest BCUT2D eigenvalue weighted by Gasteiger charge is -2.17. The van der Waals surface area contributed by atoms with Crippen LogP contribution in [0.15, 0.2) is 41.4 Å². The molecule has 0 saturated heterocycles. The third kappa shape index (κ3) is 5.95. The van der Waals surface area contributed by atoms with Crippen LogP contribution in [0.2, 0.25) is 0 Å². The fourth-order valence-electron chi connectivity index (χ4n) is 2.42. The molecule has 2 aromatic rings. The van der Waals surface area contributed by atoms with Crippen molar-refractivity contribution in [3.05, 3.63) is 53.2 Å². The van der Waals surface area contributed by atoms with E-state index in [0.29, 0.717) is 24.9 Å². The predicted octanol–water partition coefficient (Wildman–Crippen LogP) is 3.05. The van der Waals surface area contributed by atoms with Crippen LogP contribution < -0.4 is 20.1 Å². The van der Waals surface area contributed by atoms with Crippen LogP contribution in [0, 0.1) is 6.92 Å². The highest BCUT2D eigenvalue weighted by atomic mass is 16.5. The molecule has 0 saturated carbocycles. The smallest absolute Gasteiger partial charge is 0.213 e. The first-order valence-electron chi connectivity index (χ1n) is 8.72. The Bertz CT molecular complexity index is 744. The van der Waals surface area contributed by atoms with Gasteiger partial charge >= 0.3 is 0 Å². The SMILES string of the molecule is CN=C(NCc1cccc(OC)n1)NCc1ccc(C)cc1OC(C)C. The first-order valence-corrected chi connectivity index (χ1v) is 8.72. The van der Waals surface area contributed by atoms with E-state index < -0.39 is 0 Å². The number of guanidine groups is 1. The number of benzene rings is 1. The Hall–Kier alpha value is -2.76. The number of ether oxygens (including phenoxy) is 2. The molecule has 1 aromatic carbocycles. The summed E-state index contributed by atoms with van der Waals surface area (Å²) in [5.41, 5.74) is 3.15. The van der Waals surface area contributed by atoms with E-state index in [0.717, 1.165) is 17.0 Å². The summed E-state index contributed by atoms with van der Waals surface area (Å²) in [4.78, 5) is 8.65. The van der Waals surface area contributed by atoms with Gasteiger partial charge in [-0.1, -0.05) is 18.2 Å². The maximum Gasteiger partial charge on any atom is 0.213 e. The maximum atomic E-state index is 5.92. The summed E-state index contributed by atoms with van der Waals surface area (Å²) in [6, 6.07) is 11.9. The lowest BCUT2D eigenvalue weighted by molar-refractivity contribution is 0.239. The Labute approximate surface area is 155 Å². The quantitative estimate of drug-likeness (QED) is 0.589. The van der Waals surface area contributed by atoms with Crippen LogP contribution in [-0.4, -0.2) is 31.2 Å². The van der Waals surface area contributed by atoms with Crippen molar-refractivity contribution in [3.63, 3.8) is 0 Å². The molecule has 26 heavy (non-hydrogen) atoms. The number of nitrogens with zero attached hydrogens (tertiary/aromatic N) is 2. The van der Waals surface area contributed by atoms with Gasteiger partial charge in [-0.2, -0.15) is 0 Å². The molecule has 2 N–H and O–H groups in total. The van der Waals surface area contributed by atoms with Crippen molar-refractivity contribution in [1.82, 2.24) is 15.6 Å². The second-order valence-electron chi connectivity index (χ2n) is 6.23. The van der Waals surface area contributed by atoms with Crippen LogP contribution in [0.1, 0.15) is 30.7 Å². The minimum absolute atomic E-state index is 0.132. The van der Waals surface area contributed by atoms with Crippen molar-refractivity contribution in [3.8, 4) is 11.6 Å². The summed E-state index contributed by atoms with van der Waals surface area (Å²) >= 11 is 0. The van der Waals surface area contributed by atoms with Crippen molar-refractivity contribution in [2.75, 3.05) is 14.2 Å². The number of hydrogen-bond acceptors (Lipinski definition) is 4. The monoisotopic (exact) mass is 356 g/mol. The second kappa shape index (κ2) is 9.65. The Morgan fingerprint density at radius 3 is 2.62 bits per heavy atom. The lowest BCUT2D eigenvalue weighted by Crippen LogP contribution is -2.36. The van der Waals surface area contributed by atoms with E-state index in [4.69, 9.17) is 9.47 Å². The normalized spacial score (nSPS) is 11.4. The van der Waals surface area contributed by atoms with Gasteiger partial charge in [-0.15, -0.1) is 0 Å². The molecular formula is C20H28N4O2. The molecule has 0 aliphatic rings. The molecule has 2 rings (SSSR count). The van der Waals surface area contributed by atoms with Gasteiger partial charge < -0.3 is 20.1 Å².